The molecule has 0 saturated heterocycles. The van der Waals surface area contributed by atoms with E-state index < -0.39 is 6.10 Å². The van der Waals surface area contributed by atoms with E-state index >= 15 is 0 Å². The highest BCUT2D eigenvalue weighted by atomic mass is 16.5. The van der Waals surface area contributed by atoms with Crippen molar-refractivity contribution in [2.75, 3.05) is 0 Å². The SMILES string of the molecule is C/C(=C/CC[C@]1(C)CCc2cc(O)cc(C)c2O1)C/C=C\C(C)C(=O)[C@H](O)CC(C)C. The highest BCUT2D eigenvalue weighted by Gasteiger charge is 2.32. The third-order valence-corrected chi connectivity index (χ3v) is 6.11. The van der Waals surface area contributed by atoms with Gasteiger partial charge in [-0.3, -0.25) is 4.79 Å². The van der Waals surface area contributed by atoms with Gasteiger partial charge in [-0.2, -0.15) is 0 Å². The van der Waals surface area contributed by atoms with E-state index in [1.54, 1.807) is 6.07 Å². The van der Waals surface area contributed by atoms with Gasteiger partial charge in [-0.15, -0.1) is 0 Å². The van der Waals surface area contributed by atoms with E-state index in [9.17, 15) is 15.0 Å². The molecule has 0 saturated carbocycles. The van der Waals surface area contributed by atoms with Crippen molar-refractivity contribution < 1.29 is 19.7 Å². The molecule has 0 aromatic heterocycles. The molecule has 31 heavy (non-hydrogen) atoms. The first-order chi connectivity index (χ1) is 14.5. The van der Waals surface area contributed by atoms with Crippen molar-refractivity contribution in [3.8, 4) is 11.5 Å². The Morgan fingerprint density at radius 3 is 2.68 bits per heavy atom. The van der Waals surface area contributed by atoms with Gasteiger partial charge in [-0.25, -0.2) is 0 Å². The van der Waals surface area contributed by atoms with Crippen molar-refractivity contribution in [2.24, 2.45) is 11.8 Å². The zero-order chi connectivity index (χ0) is 23.2. The molecule has 0 bridgehead atoms. The van der Waals surface area contributed by atoms with E-state index in [4.69, 9.17) is 4.74 Å². The molecule has 3 atom stereocenters. The molecule has 0 amide bonds. The fraction of sp³-hybridized carbons (Fsp3) is 0.593. The van der Waals surface area contributed by atoms with Crippen molar-refractivity contribution >= 4 is 5.78 Å². The van der Waals surface area contributed by atoms with Crippen LogP contribution >= 0.6 is 0 Å². The number of fused-ring (bicyclic) bond motifs is 1. The molecule has 4 nitrogen and oxygen atoms in total. The lowest BCUT2D eigenvalue weighted by Crippen LogP contribution is -2.36. The van der Waals surface area contributed by atoms with Gasteiger partial charge in [0.2, 0.25) is 0 Å². The van der Waals surface area contributed by atoms with E-state index in [-0.39, 0.29) is 17.3 Å². The topological polar surface area (TPSA) is 66.8 Å². The van der Waals surface area contributed by atoms with Crippen LogP contribution < -0.4 is 4.74 Å². The van der Waals surface area contributed by atoms with Gasteiger partial charge in [-0.05, 0) is 88.5 Å². The van der Waals surface area contributed by atoms with Crippen molar-refractivity contribution in [3.63, 3.8) is 0 Å². The highest BCUT2D eigenvalue weighted by molar-refractivity contribution is 5.86. The maximum absolute atomic E-state index is 12.2. The van der Waals surface area contributed by atoms with Crippen LogP contribution in [-0.2, 0) is 11.2 Å². The summed E-state index contributed by atoms with van der Waals surface area (Å²) < 4.78 is 6.36. The lowest BCUT2D eigenvalue weighted by Gasteiger charge is -2.36. The highest BCUT2D eigenvalue weighted by Crippen LogP contribution is 2.39. The molecule has 2 N–H and O–H groups in total. The van der Waals surface area contributed by atoms with Crippen LogP contribution in [0.15, 0.2) is 35.9 Å². The number of hydrogen-bond donors (Lipinski definition) is 2. The van der Waals surface area contributed by atoms with Crippen LogP contribution in [0.1, 0.15) is 77.8 Å². The molecule has 4 heteroatoms. The first-order valence-corrected chi connectivity index (χ1v) is 11.6. The molecule has 172 valence electrons. The fourth-order valence-corrected chi connectivity index (χ4v) is 4.16. The van der Waals surface area contributed by atoms with Crippen LogP contribution in [0, 0.1) is 18.8 Å². The van der Waals surface area contributed by atoms with Gasteiger partial charge in [0.05, 0.1) is 0 Å². The summed E-state index contributed by atoms with van der Waals surface area (Å²) in [6.07, 6.45) is 10.4. The summed E-state index contributed by atoms with van der Waals surface area (Å²) in [7, 11) is 0. The molecule has 1 aliphatic rings. The van der Waals surface area contributed by atoms with Gasteiger partial charge in [0, 0.05) is 5.92 Å². The minimum atomic E-state index is -0.870. The van der Waals surface area contributed by atoms with Gasteiger partial charge >= 0.3 is 0 Å². The van der Waals surface area contributed by atoms with Crippen LogP contribution in [0.4, 0.5) is 0 Å². The van der Waals surface area contributed by atoms with Crippen molar-refractivity contribution in [1.29, 1.82) is 0 Å². The summed E-state index contributed by atoms with van der Waals surface area (Å²) in [4.78, 5) is 12.2. The van der Waals surface area contributed by atoms with E-state index in [1.807, 2.05) is 45.9 Å². The average Bonchev–Trinajstić information content (AvgIpc) is 2.67. The number of aliphatic hydroxyl groups excluding tert-OH is 1. The number of benzene rings is 1. The average molecular weight is 429 g/mol. The van der Waals surface area contributed by atoms with Gasteiger partial charge in [0.25, 0.3) is 0 Å². The quantitative estimate of drug-likeness (QED) is 0.444. The lowest BCUT2D eigenvalue weighted by atomic mass is 9.87. The second kappa shape index (κ2) is 11.0. The molecule has 1 unspecified atom stereocenters. The number of carbonyl (C=O) groups excluding carboxylic acids is 1. The number of ether oxygens (including phenoxy) is 1. The Labute approximate surface area is 188 Å². The number of phenols is 1. The second-order valence-corrected chi connectivity index (χ2v) is 9.86. The van der Waals surface area contributed by atoms with Crippen LogP contribution in [0.25, 0.3) is 0 Å². The largest absolute Gasteiger partial charge is 0.508 e. The zero-order valence-electron chi connectivity index (χ0n) is 20.1. The normalized spacial score (nSPS) is 21.1. The Hall–Kier alpha value is -2.07. The number of carbonyl (C=O) groups is 1. The maximum Gasteiger partial charge on any atom is 0.167 e. The number of Topliss-reactive ketones (excluding diaryl/α,β-unsaturated/α-hetero) is 1. The number of rotatable bonds is 10. The van der Waals surface area contributed by atoms with Crippen LogP contribution in [0.5, 0.6) is 11.5 Å². The first-order valence-electron chi connectivity index (χ1n) is 11.6. The Morgan fingerprint density at radius 2 is 2.00 bits per heavy atom. The van der Waals surface area contributed by atoms with Crippen LogP contribution in [-0.4, -0.2) is 27.7 Å². The summed E-state index contributed by atoms with van der Waals surface area (Å²) in [5.41, 5.74) is 3.14. The van der Waals surface area contributed by atoms with E-state index in [0.29, 0.717) is 18.1 Å². The number of allylic oxidation sites excluding steroid dienone is 4. The second-order valence-electron chi connectivity index (χ2n) is 9.86. The molecule has 0 fully saturated rings. The van der Waals surface area contributed by atoms with Gasteiger partial charge in [0.15, 0.2) is 5.78 Å². The zero-order valence-corrected chi connectivity index (χ0v) is 20.1. The Kier molecular flexibility index (Phi) is 8.93. The summed E-state index contributed by atoms with van der Waals surface area (Å²) in [5.74, 6) is 1.17. The summed E-state index contributed by atoms with van der Waals surface area (Å²) >= 11 is 0. The third-order valence-electron chi connectivity index (χ3n) is 6.11. The minimum Gasteiger partial charge on any atom is -0.508 e. The van der Waals surface area contributed by atoms with Crippen molar-refractivity contribution in [1.82, 2.24) is 0 Å². The monoisotopic (exact) mass is 428 g/mol. The number of aromatic hydroxyl groups is 1. The molecule has 2 rings (SSSR count). The summed E-state index contributed by atoms with van der Waals surface area (Å²) in [5, 5.41) is 19.8. The number of ketones is 1. The summed E-state index contributed by atoms with van der Waals surface area (Å²) in [6.45, 7) is 12.1. The van der Waals surface area contributed by atoms with Crippen molar-refractivity contribution in [3.05, 3.63) is 47.1 Å². The van der Waals surface area contributed by atoms with E-state index in [2.05, 4.69) is 19.9 Å². The predicted octanol–water partition coefficient (Wildman–Crippen LogP) is 6.07. The number of aryl methyl sites for hydroxylation is 2. The van der Waals surface area contributed by atoms with Crippen molar-refractivity contribution in [2.45, 2.75) is 91.8 Å². The smallest absolute Gasteiger partial charge is 0.167 e. The molecule has 0 aliphatic carbocycles. The van der Waals surface area contributed by atoms with Gasteiger partial charge in [-0.1, -0.05) is 44.6 Å². The lowest BCUT2D eigenvalue weighted by molar-refractivity contribution is -0.130. The Morgan fingerprint density at radius 1 is 1.29 bits per heavy atom. The van der Waals surface area contributed by atoms with E-state index in [1.165, 1.54) is 5.57 Å². The number of phenolic OH excluding ortho intramolecular Hbond substituents is 1. The Bertz CT molecular complexity index is 821. The third kappa shape index (κ3) is 7.53. The standard InChI is InChI=1S/C27H40O4/c1-18(2)15-24(29)25(30)20(4)11-7-9-19(3)10-8-13-27(6)14-12-22-17-23(28)16-21(5)26(22)31-27/h7,10-11,16-18,20,24,28-29H,8-9,12-15H2,1-6H3/b11-7-,19-10-/t20?,24-,27-/m1/s1. The molecule has 0 spiro atoms. The number of aliphatic hydroxyl groups is 1. The fourth-order valence-electron chi connectivity index (χ4n) is 4.16. The molecule has 1 aliphatic heterocycles. The van der Waals surface area contributed by atoms with Crippen LogP contribution in [0.3, 0.4) is 0 Å². The first kappa shape index (κ1) is 25.2. The van der Waals surface area contributed by atoms with Gasteiger partial charge < -0.3 is 14.9 Å². The Balaban J connectivity index is 1.83. The molecular formula is C27H40O4. The maximum atomic E-state index is 12.2. The van der Waals surface area contributed by atoms with Crippen LogP contribution in [0.2, 0.25) is 0 Å². The van der Waals surface area contributed by atoms with E-state index in [0.717, 1.165) is 49.0 Å². The molecule has 1 heterocycles. The minimum absolute atomic E-state index is 0.0992. The summed E-state index contributed by atoms with van der Waals surface area (Å²) in [6, 6.07) is 3.57. The number of hydrogen-bond acceptors (Lipinski definition) is 4. The molecule has 1 aromatic carbocycles. The molecule has 0 radical (unpaired) electrons. The predicted molar refractivity (Wildman–Crippen MR) is 127 cm³/mol. The molecule has 1 aromatic rings. The van der Waals surface area contributed by atoms with Gasteiger partial charge in [0.1, 0.15) is 23.2 Å². The molecular weight excluding hydrogens is 388 g/mol.